The van der Waals surface area contributed by atoms with Gasteiger partial charge in [-0.2, -0.15) is 0 Å². The van der Waals surface area contributed by atoms with Crippen LogP contribution in [0.25, 0.3) is 0 Å². The van der Waals surface area contributed by atoms with E-state index in [2.05, 4.69) is 58.3 Å². The molecule has 1 aliphatic rings. The third-order valence-corrected chi connectivity index (χ3v) is 8.30. The van der Waals surface area contributed by atoms with Crippen molar-refractivity contribution in [1.82, 2.24) is 0 Å². The third kappa shape index (κ3) is 4.25. The van der Waals surface area contributed by atoms with E-state index in [1.807, 2.05) is 0 Å². The molecule has 0 bridgehead atoms. The lowest BCUT2D eigenvalue weighted by Crippen LogP contribution is -2.43. The van der Waals surface area contributed by atoms with E-state index in [1.165, 1.54) is 0 Å². The quantitative estimate of drug-likeness (QED) is 0.424. The minimum Gasteiger partial charge on any atom is -0.410 e. The Hall–Kier alpha value is -0.603. The van der Waals surface area contributed by atoms with Crippen molar-refractivity contribution in [2.45, 2.75) is 57.5 Å². The van der Waals surface area contributed by atoms with E-state index in [0.717, 1.165) is 6.42 Å². The molecule has 0 aromatic rings. The lowest BCUT2D eigenvalue weighted by molar-refractivity contribution is 0.0848. The van der Waals surface area contributed by atoms with Crippen molar-refractivity contribution in [2.24, 2.45) is 0 Å². The summed E-state index contributed by atoms with van der Waals surface area (Å²) in [6, 6.07) is 0. The average molecular weight is 266 g/mol. The van der Waals surface area contributed by atoms with Crippen LogP contribution in [0.3, 0.4) is 0 Å². The second-order valence-electron chi connectivity index (χ2n) is 6.32. The standard InChI is InChI=1S/C15H26O2Si/c1-7-8-11-16-13-9-10-14(12-13)17-18(5,6)15(2,3)4/h8-10,13-14H,1,11-12H2,2-6H3/t13-,14+/m1/s1. The van der Waals surface area contributed by atoms with E-state index >= 15 is 0 Å². The molecule has 1 rings (SSSR count). The maximum absolute atomic E-state index is 6.33. The summed E-state index contributed by atoms with van der Waals surface area (Å²) >= 11 is 0. The summed E-state index contributed by atoms with van der Waals surface area (Å²) in [4.78, 5) is 0. The molecule has 0 N–H and O–H groups in total. The molecule has 0 aromatic carbocycles. The van der Waals surface area contributed by atoms with Gasteiger partial charge in [0.05, 0.1) is 18.8 Å². The molecular weight excluding hydrogens is 240 g/mol. The molecule has 0 unspecified atom stereocenters. The Kier molecular flexibility index (Phi) is 5.17. The van der Waals surface area contributed by atoms with Gasteiger partial charge in [-0.15, -0.1) is 5.73 Å². The Morgan fingerprint density at radius 2 is 1.94 bits per heavy atom. The van der Waals surface area contributed by atoms with Gasteiger partial charge in [-0.1, -0.05) is 39.5 Å². The molecule has 102 valence electrons. The van der Waals surface area contributed by atoms with Gasteiger partial charge in [0.2, 0.25) is 0 Å². The molecule has 3 heteroatoms. The molecule has 18 heavy (non-hydrogen) atoms. The molecule has 0 saturated carbocycles. The summed E-state index contributed by atoms with van der Waals surface area (Å²) in [5.41, 5.74) is 2.71. The fourth-order valence-corrected chi connectivity index (χ4v) is 2.92. The highest BCUT2D eigenvalue weighted by Gasteiger charge is 2.39. The van der Waals surface area contributed by atoms with E-state index < -0.39 is 8.32 Å². The normalized spacial score (nSPS) is 24.1. The van der Waals surface area contributed by atoms with Crippen LogP contribution < -0.4 is 0 Å². The predicted octanol–water partition coefficient (Wildman–Crippen LogP) is 4.06. The van der Waals surface area contributed by atoms with Crippen LogP contribution in [0.5, 0.6) is 0 Å². The first-order valence-corrected chi connectivity index (χ1v) is 9.49. The second kappa shape index (κ2) is 6.03. The van der Waals surface area contributed by atoms with Crippen LogP contribution in [0.4, 0.5) is 0 Å². The van der Waals surface area contributed by atoms with Crippen molar-refractivity contribution in [3.8, 4) is 0 Å². The maximum Gasteiger partial charge on any atom is 0.192 e. The lowest BCUT2D eigenvalue weighted by atomic mass is 10.2. The Morgan fingerprint density at radius 3 is 2.50 bits per heavy atom. The van der Waals surface area contributed by atoms with Gasteiger partial charge in [-0.25, -0.2) is 0 Å². The largest absolute Gasteiger partial charge is 0.410 e. The van der Waals surface area contributed by atoms with Gasteiger partial charge in [0.25, 0.3) is 0 Å². The molecule has 0 radical (unpaired) electrons. The molecule has 0 saturated heterocycles. The van der Waals surface area contributed by atoms with Crippen molar-refractivity contribution < 1.29 is 9.16 Å². The molecule has 0 aliphatic heterocycles. The van der Waals surface area contributed by atoms with Crippen molar-refractivity contribution >= 4 is 8.32 Å². The van der Waals surface area contributed by atoms with Crippen LogP contribution in [0, 0.1) is 0 Å². The van der Waals surface area contributed by atoms with Gasteiger partial charge in [0.1, 0.15) is 0 Å². The summed E-state index contributed by atoms with van der Waals surface area (Å²) in [5.74, 6) is 0. The average Bonchev–Trinajstić information content (AvgIpc) is 2.63. The van der Waals surface area contributed by atoms with Crippen LogP contribution in [0.15, 0.2) is 30.5 Å². The SMILES string of the molecule is C=C=CCO[C@@H]1C=C[C@H](O[Si](C)(C)C(C)(C)C)C1. The highest BCUT2D eigenvalue weighted by atomic mass is 28.4. The number of hydrogen-bond donors (Lipinski definition) is 0. The van der Waals surface area contributed by atoms with E-state index in [0.29, 0.717) is 6.61 Å². The van der Waals surface area contributed by atoms with Crippen molar-refractivity contribution in [1.29, 1.82) is 0 Å². The minimum atomic E-state index is -1.67. The van der Waals surface area contributed by atoms with Crippen LogP contribution >= 0.6 is 0 Å². The smallest absolute Gasteiger partial charge is 0.192 e. The first kappa shape index (κ1) is 15.5. The van der Waals surface area contributed by atoms with Gasteiger partial charge in [-0.3, -0.25) is 0 Å². The zero-order valence-electron chi connectivity index (χ0n) is 12.3. The molecule has 0 fully saturated rings. The molecule has 0 aromatic heterocycles. The molecule has 0 spiro atoms. The van der Waals surface area contributed by atoms with Gasteiger partial charge in [0.15, 0.2) is 8.32 Å². The zero-order valence-corrected chi connectivity index (χ0v) is 13.3. The maximum atomic E-state index is 6.33. The van der Waals surface area contributed by atoms with Crippen LogP contribution in [-0.4, -0.2) is 27.1 Å². The summed E-state index contributed by atoms with van der Waals surface area (Å²) < 4.78 is 12.0. The highest BCUT2D eigenvalue weighted by Crippen LogP contribution is 2.38. The van der Waals surface area contributed by atoms with Crippen LogP contribution in [0.2, 0.25) is 18.1 Å². The van der Waals surface area contributed by atoms with E-state index in [1.54, 1.807) is 6.08 Å². The van der Waals surface area contributed by atoms with Gasteiger partial charge < -0.3 is 9.16 Å². The van der Waals surface area contributed by atoms with E-state index in [9.17, 15) is 0 Å². The highest BCUT2D eigenvalue weighted by molar-refractivity contribution is 6.74. The Bertz CT molecular complexity index is 346. The molecule has 0 heterocycles. The van der Waals surface area contributed by atoms with Crippen molar-refractivity contribution in [2.75, 3.05) is 6.61 Å². The third-order valence-electron chi connectivity index (χ3n) is 3.80. The van der Waals surface area contributed by atoms with Crippen molar-refractivity contribution in [3.05, 3.63) is 30.5 Å². The lowest BCUT2D eigenvalue weighted by Gasteiger charge is -2.38. The van der Waals surface area contributed by atoms with E-state index in [-0.39, 0.29) is 17.2 Å². The molecular formula is C15H26O2Si. The first-order valence-electron chi connectivity index (χ1n) is 6.58. The van der Waals surface area contributed by atoms with Crippen molar-refractivity contribution in [3.63, 3.8) is 0 Å². The topological polar surface area (TPSA) is 18.5 Å². The fraction of sp³-hybridized carbons (Fsp3) is 0.667. The zero-order chi connectivity index (χ0) is 13.8. The molecule has 1 aliphatic carbocycles. The van der Waals surface area contributed by atoms with Gasteiger partial charge in [-0.05, 0) is 24.2 Å². The number of ether oxygens (including phenoxy) is 1. The Labute approximate surface area is 113 Å². The molecule has 2 atom stereocenters. The summed E-state index contributed by atoms with van der Waals surface area (Å²) in [7, 11) is -1.67. The second-order valence-corrected chi connectivity index (χ2v) is 11.1. The van der Waals surface area contributed by atoms with Gasteiger partial charge in [0, 0.05) is 6.42 Å². The fourth-order valence-electron chi connectivity index (χ4n) is 1.63. The summed E-state index contributed by atoms with van der Waals surface area (Å²) in [5, 5.41) is 0.255. The number of rotatable bonds is 5. The molecule has 0 amide bonds. The van der Waals surface area contributed by atoms with Crippen LogP contribution in [-0.2, 0) is 9.16 Å². The Balaban J connectivity index is 2.44. The Morgan fingerprint density at radius 1 is 1.33 bits per heavy atom. The van der Waals surface area contributed by atoms with E-state index in [4.69, 9.17) is 9.16 Å². The number of hydrogen-bond acceptors (Lipinski definition) is 2. The van der Waals surface area contributed by atoms with Crippen LogP contribution in [0.1, 0.15) is 27.2 Å². The monoisotopic (exact) mass is 266 g/mol. The molecule has 2 nitrogen and oxygen atoms in total. The summed E-state index contributed by atoms with van der Waals surface area (Å²) in [6.45, 7) is 15.5. The summed E-state index contributed by atoms with van der Waals surface area (Å²) in [6.07, 6.45) is 7.36. The minimum absolute atomic E-state index is 0.171. The predicted molar refractivity (Wildman–Crippen MR) is 79.3 cm³/mol. The first-order chi connectivity index (χ1) is 8.26. The van der Waals surface area contributed by atoms with Gasteiger partial charge >= 0.3 is 0 Å².